The largest absolute Gasteiger partial charge is 0.309 e. The number of benzene rings is 9. The van der Waals surface area contributed by atoms with E-state index in [9.17, 15) is 0 Å². The highest BCUT2D eigenvalue weighted by molar-refractivity contribution is 6.12. The zero-order chi connectivity index (χ0) is 41.0. The molecule has 0 aliphatic heterocycles. The highest BCUT2D eigenvalue weighted by Gasteiger charge is 2.19. The van der Waals surface area contributed by atoms with Gasteiger partial charge in [0.05, 0.1) is 22.1 Å². The topological polar surface area (TPSA) is 48.5 Å². The average Bonchev–Trinajstić information content (AvgIpc) is 3.87. The Balaban J connectivity index is 0.967. The molecule has 3 heterocycles. The van der Waals surface area contributed by atoms with Gasteiger partial charge in [0.1, 0.15) is 0 Å². The van der Waals surface area contributed by atoms with Crippen molar-refractivity contribution in [2.24, 2.45) is 0 Å². The lowest BCUT2D eigenvalue weighted by molar-refractivity contribution is 0.953. The van der Waals surface area contributed by atoms with Gasteiger partial charge >= 0.3 is 0 Å². The standard InChI is InChI=1S/C57H37N5/c1-4-14-38(15-5-1)39-24-26-40(27-25-39)41-28-32-46(33-29-41)61-51-22-12-11-21-48(51)50-36-44(31-35-53(50)61)45-30-34-49-47-20-10-13-23-52(47)62(54(49)37-45)57-59-55(42-16-6-2-7-17-42)58-56(60-57)43-18-8-3-9-19-43/h1-37H. The number of fused-ring (bicyclic) bond motifs is 6. The molecule has 3 aromatic heterocycles. The van der Waals surface area contributed by atoms with Gasteiger partial charge in [-0.05, 0) is 75.8 Å². The molecule has 5 nitrogen and oxygen atoms in total. The van der Waals surface area contributed by atoms with Gasteiger partial charge in [-0.25, -0.2) is 4.98 Å². The third-order valence-electron chi connectivity index (χ3n) is 12.0. The minimum atomic E-state index is 0.579. The Bertz CT molecular complexity index is 3530. The first kappa shape index (κ1) is 35.5. The highest BCUT2D eigenvalue weighted by atomic mass is 15.2. The van der Waals surface area contributed by atoms with E-state index in [1.165, 1.54) is 38.5 Å². The summed E-state index contributed by atoms with van der Waals surface area (Å²) in [6, 6.07) is 79.4. The van der Waals surface area contributed by atoms with Crippen molar-refractivity contribution in [1.29, 1.82) is 0 Å². The molecule has 62 heavy (non-hydrogen) atoms. The first-order valence-electron chi connectivity index (χ1n) is 20.9. The number of aromatic nitrogens is 5. The van der Waals surface area contributed by atoms with Gasteiger partial charge in [0.15, 0.2) is 11.6 Å². The molecule has 0 aliphatic carbocycles. The Morgan fingerprint density at radius 3 is 1.24 bits per heavy atom. The van der Waals surface area contributed by atoms with Gasteiger partial charge in [0.25, 0.3) is 0 Å². The van der Waals surface area contributed by atoms with Crippen LogP contribution in [0.15, 0.2) is 224 Å². The molecule has 0 atom stereocenters. The molecule has 0 bridgehead atoms. The van der Waals surface area contributed by atoms with E-state index in [1.54, 1.807) is 0 Å². The second-order valence-electron chi connectivity index (χ2n) is 15.7. The van der Waals surface area contributed by atoms with E-state index in [1.807, 2.05) is 60.7 Å². The first-order chi connectivity index (χ1) is 30.7. The summed E-state index contributed by atoms with van der Waals surface area (Å²) in [6.45, 7) is 0. The average molecular weight is 792 g/mol. The second-order valence-corrected chi connectivity index (χ2v) is 15.7. The van der Waals surface area contributed by atoms with E-state index in [2.05, 4.69) is 173 Å². The van der Waals surface area contributed by atoms with Gasteiger partial charge in [-0.2, -0.15) is 9.97 Å². The minimum absolute atomic E-state index is 0.579. The van der Waals surface area contributed by atoms with Crippen molar-refractivity contribution in [2.45, 2.75) is 0 Å². The number of rotatable bonds is 7. The summed E-state index contributed by atoms with van der Waals surface area (Å²) in [4.78, 5) is 15.3. The Morgan fingerprint density at radius 2 is 0.645 bits per heavy atom. The fourth-order valence-electron chi connectivity index (χ4n) is 8.98. The summed E-state index contributed by atoms with van der Waals surface area (Å²) >= 11 is 0. The quantitative estimate of drug-likeness (QED) is 0.162. The van der Waals surface area contributed by atoms with E-state index in [0.29, 0.717) is 17.6 Å². The van der Waals surface area contributed by atoms with Crippen molar-refractivity contribution in [3.8, 4) is 67.8 Å². The molecular weight excluding hydrogens is 755 g/mol. The molecule has 0 spiro atoms. The van der Waals surface area contributed by atoms with Crippen LogP contribution in [-0.4, -0.2) is 24.1 Å². The molecule has 0 radical (unpaired) electrons. The van der Waals surface area contributed by atoms with Crippen molar-refractivity contribution in [1.82, 2.24) is 24.1 Å². The zero-order valence-corrected chi connectivity index (χ0v) is 33.6. The van der Waals surface area contributed by atoms with Gasteiger partial charge in [0.2, 0.25) is 5.95 Å². The van der Waals surface area contributed by atoms with Crippen LogP contribution in [-0.2, 0) is 0 Å². The molecule has 0 unspecified atom stereocenters. The van der Waals surface area contributed by atoms with Crippen LogP contribution in [0.5, 0.6) is 0 Å². The maximum Gasteiger partial charge on any atom is 0.238 e. The maximum atomic E-state index is 5.16. The summed E-state index contributed by atoms with van der Waals surface area (Å²) in [6.07, 6.45) is 0. The molecule has 0 saturated heterocycles. The van der Waals surface area contributed by atoms with Crippen molar-refractivity contribution < 1.29 is 0 Å². The van der Waals surface area contributed by atoms with Crippen molar-refractivity contribution in [2.75, 3.05) is 0 Å². The van der Waals surface area contributed by atoms with Gasteiger partial charge < -0.3 is 4.57 Å². The van der Waals surface area contributed by atoms with E-state index in [0.717, 1.165) is 55.3 Å². The Hall–Kier alpha value is -8.41. The number of para-hydroxylation sites is 2. The fraction of sp³-hybridized carbons (Fsp3) is 0. The van der Waals surface area contributed by atoms with Crippen LogP contribution in [0.4, 0.5) is 0 Å². The maximum absolute atomic E-state index is 5.16. The molecule has 0 saturated carbocycles. The van der Waals surface area contributed by atoms with Crippen LogP contribution in [0.2, 0.25) is 0 Å². The van der Waals surface area contributed by atoms with Crippen LogP contribution < -0.4 is 0 Å². The molecule has 12 aromatic rings. The fourth-order valence-corrected chi connectivity index (χ4v) is 8.98. The lowest BCUT2D eigenvalue weighted by atomic mass is 10.0. The van der Waals surface area contributed by atoms with Crippen molar-refractivity contribution >= 4 is 43.6 Å². The summed E-state index contributed by atoms with van der Waals surface area (Å²) in [5.74, 6) is 1.84. The summed E-state index contributed by atoms with van der Waals surface area (Å²) < 4.78 is 4.58. The zero-order valence-electron chi connectivity index (χ0n) is 33.6. The molecule has 5 heteroatoms. The molecular formula is C57H37N5. The smallest absolute Gasteiger partial charge is 0.238 e. The molecule has 0 aliphatic rings. The highest BCUT2D eigenvalue weighted by Crippen LogP contribution is 2.39. The number of hydrogen-bond acceptors (Lipinski definition) is 3. The molecule has 12 rings (SSSR count). The van der Waals surface area contributed by atoms with Crippen molar-refractivity contribution in [3.05, 3.63) is 224 Å². The van der Waals surface area contributed by atoms with Gasteiger partial charge in [-0.1, -0.05) is 182 Å². The first-order valence-corrected chi connectivity index (χ1v) is 20.9. The summed E-state index contributed by atoms with van der Waals surface area (Å²) in [7, 11) is 0. The molecule has 0 N–H and O–H groups in total. The van der Waals surface area contributed by atoms with Crippen LogP contribution in [0, 0.1) is 0 Å². The van der Waals surface area contributed by atoms with E-state index in [-0.39, 0.29) is 0 Å². The molecule has 0 amide bonds. The minimum Gasteiger partial charge on any atom is -0.309 e. The summed E-state index contributed by atoms with van der Waals surface area (Å²) in [5, 5.41) is 4.70. The lowest BCUT2D eigenvalue weighted by Gasteiger charge is -2.12. The Kier molecular flexibility index (Phi) is 8.42. The second kappa shape index (κ2) is 14.7. The SMILES string of the molecule is c1ccc(-c2ccc(-c3ccc(-n4c5ccccc5c5cc(-c6ccc7c8ccccc8n(-c8nc(-c9ccccc9)nc(-c9ccccc9)n8)c7c6)ccc54)cc3)cc2)cc1. The van der Waals surface area contributed by atoms with E-state index >= 15 is 0 Å². The van der Waals surface area contributed by atoms with Crippen LogP contribution in [0.3, 0.4) is 0 Å². The normalized spacial score (nSPS) is 11.5. The third-order valence-corrected chi connectivity index (χ3v) is 12.0. The predicted molar refractivity (Wildman–Crippen MR) is 256 cm³/mol. The molecule has 9 aromatic carbocycles. The Morgan fingerprint density at radius 1 is 0.242 bits per heavy atom. The molecule has 290 valence electrons. The number of nitrogens with zero attached hydrogens (tertiary/aromatic N) is 5. The van der Waals surface area contributed by atoms with Gasteiger partial charge in [-0.15, -0.1) is 0 Å². The van der Waals surface area contributed by atoms with Gasteiger partial charge in [0, 0.05) is 38.4 Å². The Labute approximate surface area is 358 Å². The van der Waals surface area contributed by atoms with Crippen LogP contribution in [0.1, 0.15) is 0 Å². The van der Waals surface area contributed by atoms with E-state index in [4.69, 9.17) is 15.0 Å². The van der Waals surface area contributed by atoms with E-state index < -0.39 is 0 Å². The van der Waals surface area contributed by atoms with Crippen LogP contribution >= 0.6 is 0 Å². The predicted octanol–water partition coefficient (Wildman–Crippen LogP) is 14.4. The molecule has 0 fully saturated rings. The van der Waals surface area contributed by atoms with Crippen LogP contribution in [0.25, 0.3) is 111 Å². The van der Waals surface area contributed by atoms with Crippen molar-refractivity contribution in [3.63, 3.8) is 0 Å². The van der Waals surface area contributed by atoms with Gasteiger partial charge in [-0.3, -0.25) is 4.57 Å². The lowest BCUT2D eigenvalue weighted by Crippen LogP contribution is -2.06. The monoisotopic (exact) mass is 791 g/mol. The number of hydrogen-bond donors (Lipinski definition) is 0. The third kappa shape index (κ3) is 6.06. The summed E-state index contributed by atoms with van der Waals surface area (Å²) in [5.41, 5.74) is 14.5.